The van der Waals surface area contributed by atoms with E-state index in [-0.39, 0.29) is 5.78 Å². The van der Waals surface area contributed by atoms with Crippen LogP contribution in [-0.2, 0) is 6.42 Å². The topological polar surface area (TPSA) is 17.1 Å². The van der Waals surface area contributed by atoms with E-state index in [1.54, 1.807) is 0 Å². The number of hydrogen-bond donors (Lipinski definition) is 0. The summed E-state index contributed by atoms with van der Waals surface area (Å²) in [7, 11) is 0. The predicted molar refractivity (Wildman–Crippen MR) is 75.1 cm³/mol. The molecule has 0 saturated heterocycles. The number of aryl methyl sites for hydroxylation is 2. The molecule has 18 heavy (non-hydrogen) atoms. The van der Waals surface area contributed by atoms with Crippen LogP contribution in [0.1, 0.15) is 32.6 Å². The van der Waals surface area contributed by atoms with E-state index in [0.29, 0.717) is 6.42 Å². The first kappa shape index (κ1) is 12.6. The fourth-order valence-corrected chi connectivity index (χ4v) is 2.16. The number of hydrogen-bond acceptors (Lipinski definition) is 1. The normalized spacial score (nSPS) is 10.4. The Morgan fingerprint density at radius 3 is 2.44 bits per heavy atom. The van der Waals surface area contributed by atoms with Crippen molar-refractivity contribution in [3.8, 4) is 0 Å². The molecule has 1 heteroatoms. The number of carbonyl (C=O) groups is 1. The molecule has 2 aromatic rings. The summed E-state index contributed by atoms with van der Waals surface area (Å²) in [6.07, 6.45) is 0.478. The van der Waals surface area contributed by atoms with Gasteiger partial charge in [0.05, 0.1) is 0 Å². The van der Waals surface area contributed by atoms with E-state index in [1.165, 1.54) is 11.1 Å². The molecule has 0 heterocycles. The molecule has 0 N–H and O–H groups in total. The predicted octanol–water partition coefficient (Wildman–Crippen LogP) is 4.04. The lowest BCUT2D eigenvalue weighted by Gasteiger charge is -2.08. The zero-order valence-corrected chi connectivity index (χ0v) is 11.2. The third-order valence-corrected chi connectivity index (χ3v) is 3.35. The van der Waals surface area contributed by atoms with Gasteiger partial charge < -0.3 is 0 Å². The molecule has 0 fully saturated rings. The first-order chi connectivity index (χ1) is 8.58. The molecule has 0 saturated carbocycles. The van der Waals surface area contributed by atoms with Crippen molar-refractivity contribution in [3.63, 3.8) is 0 Å². The maximum Gasteiger partial charge on any atom is 0.167 e. The molecule has 0 atom stereocenters. The summed E-state index contributed by atoms with van der Waals surface area (Å²) in [5, 5.41) is 0. The van der Waals surface area contributed by atoms with Gasteiger partial charge in [-0.1, -0.05) is 48.0 Å². The van der Waals surface area contributed by atoms with E-state index in [0.717, 1.165) is 16.7 Å². The van der Waals surface area contributed by atoms with Crippen LogP contribution in [0.5, 0.6) is 0 Å². The van der Waals surface area contributed by atoms with Crippen LogP contribution < -0.4 is 0 Å². The average Bonchev–Trinajstić information content (AvgIpc) is 2.32. The number of carbonyl (C=O) groups excluding carboxylic acids is 1. The Kier molecular flexibility index (Phi) is 3.61. The quantitative estimate of drug-likeness (QED) is 0.738. The highest BCUT2D eigenvalue weighted by Gasteiger charge is 2.10. The lowest BCUT2D eigenvalue weighted by molar-refractivity contribution is 0.0992. The van der Waals surface area contributed by atoms with Crippen LogP contribution in [0.15, 0.2) is 42.5 Å². The van der Waals surface area contributed by atoms with Crippen LogP contribution in [0, 0.1) is 20.8 Å². The maximum atomic E-state index is 12.3. The van der Waals surface area contributed by atoms with Crippen LogP contribution in [0.4, 0.5) is 0 Å². The van der Waals surface area contributed by atoms with E-state index in [1.807, 2.05) is 57.2 Å². The molecule has 92 valence electrons. The van der Waals surface area contributed by atoms with Gasteiger partial charge >= 0.3 is 0 Å². The van der Waals surface area contributed by atoms with Gasteiger partial charge in [-0.15, -0.1) is 0 Å². The van der Waals surface area contributed by atoms with Gasteiger partial charge in [0.25, 0.3) is 0 Å². The van der Waals surface area contributed by atoms with Gasteiger partial charge in [0, 0.05) is 12.0 Å². The summed E-state index contributed by atoms with van der Waals surface area (Å²) >= 11 is 0. The highest BCUT2D eigenvalue weighted by atomic mass is 16.1. The Labute approximate surface area is 108 Å². The number of benzene rings is 2. The van der Waals surface area contributed by atoms with Crippen molar-refractivity contribution in [2.24, 2.45) is 0 Å². The van der Waals surface area contributed by atoms with Crippen molar-refractivity contribution in [1.82, 2.24) is 0 Å². The van der Waals surface area contributed by atoms with Gasteiger partial charge in [0.15, 0.2) is 5.78 Å². The number of ketones is 1. The Morgan fingerprint density at radius 2 is 1.72 bits per heavy atom. The van der Waals surface area contributed by atoms with E-state index in [2.05, 4.69) is 6.07 Å². The second kappa shape index (κ2) is 5.18. The van der Waals surface area contributed by atoms with Crippen molar-refractivity contribution in [2.45, 2.75) is 27.2 Å². The van der Waals surface area contributed by atoms with Gasteiger partial charge in [-0.25, -0.2) is 0 Å². The minimum atomic E-state index is 0.196. The Morgan fingerprint density at radius 1 is 1.00 bits per heavy atom. The Hall–Kier alpha value is -1.89. The molecule has 0 unspecified atom stereocenters. The van der Waals surface area contributed by atoms with Crippen LogP contribution in [0.25, 0.3) is 0 Å². The summed E-state index contributed by atoms with van der Waals surface area (Å²) in [4.78, 5) is 12.3. The molecule has 0 aromatic heterocycles. The molecule has 0 spiro atoms. The zero-order chi connectivity index (χ0) is 13.1. The molecule has 1 nitrogen and oxygen atoms in total. The monoisotopic (exact) mass is 238 g/mol. The van der Waals surface area contributed by atoms with E-state index >= 15 is 0 Å². The van der Waals surface area contributed by atoms with Crippen LogP contribution >= 0.6 is 0 Å². The smallest absolute Gasteiger partial charge is 0.167 e. The minimum Gasteiger partial charge on any atom is -0.294 e. The molecule has 0 radical (unpaired) electrons. The lowest BCUT2D eigenvalue weighted by Crippen LogP contribution is -2.06. The summed E-state index contributed by atoms with van der Waals surface area (Å²) in [5.41, 5.74) is 5.39. The fraction of sp³-hybridized carbons (Fsp3) is 0.235. The third-order valence-electron chi connectivity index (χ3n) is 3.35. The molecule has 0 aliphatic carbocycles. The fourth-order valence-electron chi connectivity index (χ4n) is 2.16. The summed E-state index contributed by atoms with van der Waals surface area (Å²) in [6.45, 7) is 6.10. The average molecular weight is 238 g/mol. The SMILES string of the molecule is Cc1cccc(CC(=O)c2cccc(C)c2C)c1. The van der Waals surface area contributed by atoms with Crippen molar-refractivity contribution >= 4 is 5.78 Å². The number of Topliss-reactive ketones (excluding diaryl/α,β-unsaturated/α-hetero) is 1. The second-order valence-corrected chi connectivity index (χ2v) is 4.84. The van der Waals surface area contributed by atoms with E-state index in [9.17, 15) is 4.79 Å². The van der Waals surface area contributed by atoms with Crippen molar-refractivity contribution < 1.29 is 4.79 Å². The van der Waals surface area contributed by atoms with Gasteiger partial charge in [-0.2, -0.15) is 0 Å². The third kappa shape index (κ3) is 2.67. The van der Waals surface area contributed by atoms with Gasteiger partial charge in [-0.3, -0.25) is 4.79 Å². The Balaban J connectivity index is 2.25. The largest absolute Gasteiger partial charge is 0.294 e. The molecule has 2 rings (SSSR count). The van der Waals surface area contributed by atoms with Gasteiger partial charge in [0.2, 0.25) is 0 Å². The van der Waals surface area contributed by atoms with Crippen LogP contribution in [0.3, 0.4) is 0 Å². The van der Waals surface area contributed by atoms with Crippen LogP contribution in [-0.4, -0.2) is 5.78 Å². The first-order valence-corrected chi connectivity index (χ1v) is 6.23. The molecule has 0 aliphatic rings. The first-order valence-electron chi connectivity index (χ1n) is 6.23. The molecular weight excluding hydrogens is 220 g/mol. The molecular formula is C17H18O. The highest BCUT2D eigenvalue weighted by molar-refractivity contribution is 5.99. The summed E-state index contributed by atoms with van der Waals surface area (Å²) in [6, 6.07) is 14.0. The number of rotatable bonds is 3. The lowest BCUT2D eigenvalue weighted by atomic mass is 9.96. The molecule has 0 bridgehead atoms. The summed E-state index contributed by atoms with van der Waals surface area (Å²) in [5.74, 6) is 0.196. The van der Waals surface area contributed by atoms with E-state index < -0.39 is 0 Å². The zero-order valence-electron chi connectivity index (χ0n) is 11.2. The molecule has 0 aliphatic heterocycles. The minimum absolute atomic E-state index is 0.196. The molecule has 2 aromatic carbocycles. The summed E-state index contributed by atoms with van der Waals surface area (Å²) < 4.78 is 0. The Bertz CT molecular complexity index is 582. The highest BCUT2D eigenvalue weighted by Crippen LogP contribution is 2.16. The molecule has 0 amide bonds. The van der Waals surface area contributed by atoms with Crippen LogP contribution in [0.2, 0.25) is 0 Å². The van der Waals surface area contributed by atoms with Gasteiger partial charge in [0.1, 0.15) is 0 Å². The van der Waals surface area contributed by atoms with Crippen molar-refractivity contribution in [2.75, 3.05) is 0 Å². The standard InChI is InChI=1S/C17H18O/c1-12-6-4-8-15(10-12)11-17(18)16-9-5-7-13(2)14(16)3/h4-10H,11H2,1-3H3. The van der Waals surface area contributed by atoms with Gasteiger partial charge in [-0.05, 0) is 37.5 Å². The van der Waals surface area contributed by atoms with Crippen molar-refractivity contribution in [3.05, 3.63) is 70.3 Å². The van der Waals surface area contributed by atoms with Crippen molar-refractivity contribution in [1.29, 1.82) is 0 Å². The van der Waals surface area contributed by atoms with E-state index in [4.69, 9.17) is 0 Å². The maximum absolute atomic E-state index is 12.3. The second-order valence-electron chi connectivity index (χ2n) is 4.84.